The molecule has 24 heavy (non-hydrogen) atoms. The molecule has 2 heterocycles. The van der Waals surface area contributed by atoms with E-state index >= 15 is 0 Å². The molecular weight excluding hydrogens is 393 g/mol. The van der Waals surface area contributed by atoms with E-state index in [1.807, 2.05) is 0 Å². The lowest BCUT2D eigenvalue weighted by Crippen LogP contribution is -2.38. The number of nitriles is 1. The lowest BCUT2D eigenvalue weighted by molar-refractivity contribution is -0.116. The summed E-state index contributed by atoms with van der Waals surface area (Å²) in [6.45, 7) is 0. The summed E-state index contributed by atoms with van der Waals surface area (Å²) >= 11 is 13.6. The van der Waals surface area contributed by atoms with Gasteiger partial charge in [0, 0.05) is 5.25 Å². The number of carbonyl (C=O) groups excluding carboxylic acids is 1. The minimum atomic E-state index is -3.16. The molecule has 2 aliphatic heterocycles. The predicted molar refractivity (Wildman–Crippen MR) is 95.4 cm³/mol. The quantitative estimate of drug-likeness (QED) is 0.753. The smallest absolute Gasteiger partial charge is 0.262 e. The van der Waals surface area contributed by atoms with Crippen LogP contribution >= 0.6 is 35.0 Å². The normalized spacial score (nSPS) is 26.4. The van der Waals surface area contributed by atoms with Gasteiger partial charge in [0.15, 0.2) is 15.0 Å². The van der Waals surface area contributed by atoms with E-state index in [1.54, 1.807) is 29.2 Å². The molecule has 2 fully saturated rings. The molecule has 0 N–H and O–H groups in total. The Balaban J connectivity index is 2.07. The third-order valence-electron chi connectivity index (χ3n) is 3.71. The molecule has 6 nitrogen and oxygen atoms in total. The number of sulfone groups is 1. The van der Waals surface area contributed by atoms with Gasteiger partial charge in [0.1, 0.15) is 6.42 Å². The number of anilines is 1. The molecule has 1 aromatic rings. The first kappa shape index (κ1) is 17.5. The van der Waals surface area contributed by atoms with Gasteiger partial charge in [0.05, 0.1) is 39.3 Å². The second kappa shape index (κ2) is 6.56. The lowest BCUT2D eigenvalue weighted by Gasteiger charge is -2.25. The average molecular weight is 404 g/mol. The first-order chi connectivity index (χ1) is 11.3. The molecule has 2 saturated heterocycles. The first-order valence-corrected chi connectivity index (χ1v) is 10.4. The van der Waals surface area contributed by atoms with Gasteiger partial charge >= 0.3 is 0 Å². The van der Waals surface area contributed by atoms with Crippen molar-refractivity contribution in [3.63, 3.8) is 0 Å². The van der Waals surface area contributed by atoms with E-state index in [0.717, 1.165) is 0 Å². The molecule has 0 aliphatic carbocycles. The van der Waals surface area contributed by atoms with Crippen molar-refractivity contribution >= 4 is 61.6 Å². The topological polar surface area (TPSA) is 90.6 Å². The summed E-state index contributed by atoms with van der Waals surface area (Å²) in [6, 6.07) is 6.40. The number of amides is 1. The molecule has 0 spiro atoms. The Kier molecular flexibility index (Phi) is 4.80. The van der Waals surface area contributed by atoms with Crippen molar-refractivity contribution in [1.82, 2.24) is 0 Å². The highest BCUT2D eigenvalue weighted by molar-refractivity contribution is 8.16. The van der Waals surface area contributed by atoms with Crippen molar-refractivity contribution in [1.29, 1.82) is 5.26 Å². The average Bonchev–Trinajstić information content (AvgIpc) is 2.94. The van der Waals surface area contributed by atoms with Crippen LogP contribution in [0.3, 0.4) is 0 Å². The van der Waals surface area contributed by atoms with Crippen molar-refractivity contribution in [2.45, 2.75) is 17.7 Å². The van der Waals surface area contributed by atoms with Crippen molar-refractivity contribution < 1.29 is 13.2 Å². The molecule has 2 atom stereocenters. The zero-order valence-electron chi connectivity index (χ0n) is 12.1. The first-order valence-electron chi connectivity index (χ1n) is 6.91. The number of carbonyl (C=O) groups is 1. The van der Waals surface area contributed by atoms with Gasteiger partial charge in [-0.2, -0.15) is 10.3 Å². The third kappa shape index (κ3) is 3.26. The van der Waals surface area contributed by atoms with Crippen molar-refractivity contribution in [3.05, 3.63) is 28.2 Å². The van der Waals surface area contributed by atoms with Crippen molar-refractivity contribution in [2.24, 2.45) is 4.99 Å². The maximum absolute atomic E-state index is 12.0. The molecule has 1 aromatic carbocycles. The van der Waals surface area contributed by atoms with Crippen LogP contribution in [0, 0.1) is 11.3 Å². The van der Waals surface area contributed by atoms with Crippen molar-refractivity contribution in [3.8, 4) is 6.07 Å². The number of thioether (sulfide) groups is 1. The molecule has 0 aromatic heterocycles. The van der Waals surface area contributed by atoms with E-state index in [1.165, 1.54) is 11.8 Å². The second-order valence-corrected chi connectivity index (χ2v) is 9.51. The van der Waals surface area contributed by atoms with Crippen molar-refractivity contribution in [2.75, 3.05) is 16.4 Å². The van der Waals surface area contributed by atoms with E-state index in [-0.39, 0.29) is 34.2 Å². The van der Waals surface area contributed by atoms with Crippen LogP contribution in [0.15, 0.2) is 23.2 Å². The second-order valence-electron chi connectivity index (χ2n) is 5.37. The van der Waals surface area contributed by atoms with E-state index in [2.05, 4.69) is 4.99 Å². The molecule has 1 amide bonds. The number of benzene rings is 1. The zero-order valence-corrected chi connectivity index (χ0v) is 15.3. The molecule has 0 bridgehead atoms. The Labute approximate surface area is 153 Å². The Morgan fingerprint density at radius 3 is 2.88 bits per heavy atom. The number of rotatable bonds is 2. The van der Waals surface area contributed by atoms with Crippen LogP contribution < -0.4 is 4.90 Å². The standard InChI is InChI=1S/C14H11Cl2N3O3S2/c15-8-2-1-3-9(13(8)16)19-10-6-24(21,22)7-11(10)23-14(19)18-12(20)4-5-17/h1-3,10-11H,4,6-7H2. The third-order valence-corrected chi connectivity index (χ3v) is 7.73. The fourth-order valence-corrected chi connectivity index (χ4v) is 7.05. The summed E-state index contributed by atoms with van der Waals surface area (Å²) in [5.74, 6) is -0.604. The number of hydrogen-bond donors (Lipinski definition) is 0. The number of aliphatic imine (C=N–C) groups is 1. The minimum absolute atomic E-state index is 0.0163. The fourth-order valence-electron chi connectivity index (χ4n) is 2.74. The fraction of sp³-hybridized carbons (Fsp3) is 0.357. The van der Waals surface area contributed by atoms with Gasteiger partial charge in [-0.15, -0.1) is 0 Å². The highest BCUT2D eigenvalue weighted by atomic mass is 35.5. The van der Waals surface area contributed by atoms with Crippen LogP contribution in [0.5, 0.6) is 0 Å². The number of nitrogens with zero attached hydrogens (tertiary/aromatic N) is 3. The Bertz CT molecular complexity index is 880. The Morgan fingerprint density at radius 1 is 1.42 bits per heavy atom. The lowest BCUT2D eigenvalue weighted by atomic mass is 10.2. The summed E-state index contributed by atoms with van der Waals surface area (Å²) in [6.07, 6.45) is -0.338. The van der Waals surface area contributed by atoms with E-state index in [0.29, 0.717) is 15.9 Å². The highest BCUT2D eigenvalue weighted by Crippen LogP contribution is 2.44. The van der Waals surface area contributed by atoms with Gasteiger partial charge < -0.3 is 4.90 Å². The largest absolute Gasteiger partial charge is 0.314 e. The SMILES string of the molecule is N#CCC(=O)N=C1SC2CS(=O)(=O)CC2N1c1cccc(Cl)c1Cl. The Hall–Kier alpha value is -1.27. The van der Waals surface area contributed by atoms with Gasteiger partial charge in [-0.1, -0.05) is 41.0 Å². The molecular formula is C14H11Cl2N3O3S2. The molecule has 2 aliphatic rings. The van der Waals surface area contributed by atoms with Crippen LogP contribution in [0.4, 0.5) is 5.69 Å². The van der Waals surface area contributed by atoms with Gasteiger partial charge in [-0.25, -0.2) is 8.42 Å². The van der Waals surface area contributed by atoms with E-state index in [4.69, 9.17) is 28.5 Å². The minimum Gasteiger partial charge on any atom is -0.314 e. The maximum atomic E-state index is 12.0. The summed E-state index contributed by atoms with van der Waals surface area (Å²) < 4.78 is 23.9. The monoisotopic (exact) mass is 403 g/mol. The predicted octanol–water partition coefficient (Wildman–Crippen LogP) is 2.51. The number of amidine groups is 1. The highest BCUT2D eigenvalue weighted by Gasteiger charge is 2.49. The van der Waals surface area contributed by atoms with E-state index in [9.17, 15) is 13.2 Å². The van der Waals surface area contributed by atoms with Gasteiger partial charge in [0.25, 0.3) is 5.91 Å². The molecule has 3 rings (SSSR count). The number of halogens is 2. The maximum Gasteiger partial charge on any atom is 0.262 e. The summed E-state index contributed by atoms with van der Waals surface area (Å²) in [5.41, 5.74) is 0.504. The Morgan fingerprint density at radius 2 is 2.17 bits per heavy atom. The summed E-state index contributed by atoms with van der Waals surface area (Å²) in [5, 5.41) is 9.33. The van der Waals surface area contributed by atoms with Crippen LogP contribution in [0.1, 0.15) is 6.42 Å². The van der Waals surface area contributed by atoms with Gasteiger partial charge in [-0.05, 0) is 12.1 Å². The number of hydrogen-bond acceptors (Lipinski definition) is 5. The molecule has 0 radical (unpaired) electrons. The molecule has 10 heteroatoms. The molecule has 126 valence electrons. The van der Waals surface area contributed by atoms with Gasteiger partial charge in [0.2, 0.25) is 0 Å². The van der Waals surface area contributed by atoms with Crippen LogP contribution in [-0.4, -0.2) is 42.3 Å². The van der Waals surface area contributed by atoms with E-state index < -0.39 is 15.7 Å². The van der Waals surface area contributed by atoms with Crippen LogP contribution in [0.2, 0.25) is 10.0 Å². The zero-order chi connectivity index (χ0) is 17.5. The summed E-state index contributed by atoms with van der Waals surface area (Å²) in [7, 11) is -3.16. The molecule has 2 unspecified atom stereocenters. The number of fused-ring (bicyclic) bond motifs is 1. The summed E-state index contributed by atoms with van der Waals surface area (Å²) in [4.78, 5) is 17.4. The van der Waals surface area contributed by atoms with Crippen LogP contribution in [-0.2, 0) is 14.6 Å². The van der Waals surface area contributed by atoms with Crippen LogP contribution in [0.25, 0.3) is 0 Å². The molecule has 0 saturated carbocycles. The van der Waals surface area contributed by atoms with Gasteiger partial charge in [-0.3, -0.25) is 4.79 Å².